The van der Waals surface area contributed by atoms with Crippen molar-refractivity contribution in [1.29, 1.82) is 0 Å². The van der Waals surface area contributed by atoms with Crippen molar-refractivity contribution in [2.24, 2.45) is 0 Å². The number of aryl methyl sites for hydroxylation is 1. The highest BCUT2D eigenvalue weighted by atomic mass is 79.9. The Labute approximate surface area is 106 Å². The van der Waals surface area contributed by atoms with Gasteiger partial charge in [0.2, 0.25) is 0 Å². The van der Waals surface area contributed by atoms with E-state index in [-0.39, 0.29) is 6.10 Å². The van der Waals surface area contributed by atoms with Crippen molar-refractivity contribution in [3.05, 3.63) is 28.2 Å². The Morgan fingerprint density at radius 2 is 2.25 bits per heavy atom. The zero-order valence-corrected chi connectivity index (χ0v) is 11.4. The molecular weight excluding hydrogens is 266 g/mol. The predicted molar refractivity (Wildman–Crippen MR) is 70.0 cm³/mol. The van der Waals surface area contributed by atoms with Gasteiger partial charge in [0.15, 0.2) is 0 Å². The molecule has 16 heavy (non-hydrogen) atoms. The molecule has 2 nitrogen and oxygen atoms in total. The smallest absolute Gasteiger partial charge is 0.120 e. The minimum Gasteiger partial charge on any atom is -0.489 e. The van der Waals surface area contributed by atoms with E-state index in [9.17, 15) is 0 Å². The van der Waals surface area contributed by atoms with Crippen molar-refractivity contribution < 1.29 is 4.74 Å². The van der Waals surface area contributed by atoms with Crippen molar-refractivity contribution in [2.75, 3.05) is 6.54 Å². The number of nitrogens with one attached hydrogen (secondary N) is 1. The van der Waals surface area contributed by atoms with Crippen LogP contribution in [-0.4, -0.2) is 18.7 Å². The van der Waals surface area contributed by atoms with Crippen molar-refractivity contribution >= 4 is 15.9 Å². The second kappa shape index (κ2) is 5.19. The van der Waals surface area contributed by atoms with Crippen molar-refractivity contribution in [1.82, 2.24) is 5.32 Å². The molecule has 1 aromatic rings. The van der Waals surface area contributed by atoms with Gasteiger partial charge in [-0.15, -0.1) is 0 Å². The van der Waals surface area contributed by atoms with E-state index < -0.39 is 0 Å². The average molecular weight is 284 g/mol. The molecule has 1 unspecified atom stereocenters. The van der Waals surface area contributed by atoms with Crippen LogP contribution < -0.4 is 10.1 Å². The summed E-state index contributed by atoms with van der Waals surface area (Å²) in [6, 6.07) is 6.85. The summed E-state index contributed by atoms with van der Waals surface area (Å²) in [4.78, 5) is 0. The maximum absolute atomic E-state index is 5.85. The number of hydrogen-bond donors (Lipinski definition) is 1. The van der Waals surface area contributed by atoms with Crippen LogP contribution in [0.4, 0.5) is 0 Å². The molecule has 88 valence electrons. The van der Waals surface area contributed by atoms with Crippen LogP contribution in [0.25, 0.3) is 0 Å². The van der Waals surface area contributed by atoms with Gasteiger partial charge in [0.25, 0.3) is 0 Å². The summed E-state index contributed by atoms with van der Waals surface area (Å²) in [5.41, 5.74) is 1.21. The van der Waals surface area contributed by atoms with Crippen molar-refractivity contribution in [3.63, 3.8) is 0 Å². The molecule has 1 atom stereocenters. The zero-order valence-electron chi connectivity index (χ0n) is 9.79. The fraction of sp³-hybridized carbons (Fsp3) is 0.538. The minimum absolute atomic E-state index is 0.223. The molecule has 0 heterocycles. The highest BCUT2D eigenvalue weighted by molar-refractivity contribution is 9.10. The molecule has 1 aromatic carbocycles. The molecule has 1 N–H and O–H groups in total. The first kappa shape index (κ1) is 11.9. The van der Waals surface area contributed by atoms with E-state index in [4.69, 9.17) is 4.74 Å². The Kier molecular flexibility index (Phi) is 3.87. The first-order valence-electron chi connectivity index (χ1n) is 5.81. The first-order valence-corrected chi connectivity index (χ1v) is 6.60. The lowest BCUT2D eigenvalue weighted by atomic mass is 10.2. The summed E-state index contributed by atoms with van der Waals surface area (Å²) in [5, 5.41) is 3.47. The maximum Gasteiger partial charge on any atom is 0.120 e. The van der Waals surface area contributed by atoms with Crippen LogP contribution in [0.15, 0.2) is 22.7 Å². The largest absolute Gasteiger partial charge is 0.489 e. The van der Waals surface area contributed by atoms with Gasteiger partial charge in [0, 0.05) is 17.1 Å². The number of ether oxygens (including phenoxy) is 1. The predicted octanol–water partition coefficient (Wildman–Crippen LogP) is 3.28. The summed E-state index contributed by atoms with van der Waals surface area (Å²) in [7, 11) is 0. The Balaban J connectivity index is 1.84. The zero-order chi connectivity index (χ0) is 11.5. The van der Waals surface area contributed by atoms with Gasteiger partial charge >= 0.3 is 0 Å². The summed E-state index contributed by atoms with van der Waals surface area (Å²) < 4.78 is 6.97. The van der Waals surface area contributed by atoms with Crippen LogP contribution in [0, 0.1) is 6.92 Å². The molecule has 0 bridgehead atoms. The monoisotopic (exact) mass is 283 g/mol. The molecule has 2 rings (SSSR count). The summed E-state index contributed by atoms with van der Waals surface area (Å²) in [5.74, 6) is 0.950. The average Bonchev–Trinajstić information content (AvgIpc) is 3.04. The van der Waals surface area contributed by atoms with Crippen LogP contribution in [-0.2, 0) is 0 Å². The third-order valence-electron chi connectivity index (χ3n) is 2.74. The molecule has 0 aromatic heterocycles. The standard InChI is InChI=1S/C13H18BrNO/c1-9-7-12(5-6-13(9)14)16-10(2)8-15-11-3-4-11/h5-7,10-11,15H,3-4,8H2,1-2H3. The molecule has 1 saturated carbocycles. The molecule has 0 saturated heterocycles. The van der Waals surface area contributed by atoms with Crippen LogP contribution >= 0.6 is 15.9 Å². The Morgan fingerprint density at radius 1 is 1.50 bits per heavy atom. The number of halogens is 1. The molecular formula is C13H18BrNO. The highest BCUT2D eigenvalue weighted by Gasteiger charge is 2.21. The molecule has 0 radical (unpaired) electrons. The van der Waals surface area contributed by atoms with Gasteiger partial charge in [-0.2, -0.15) is 0 Å². The Morgan fingerprint density at radius 3 is 2.88 bits per heavy atom. The van der Waals surface area contributed by atoms with Gasteiger partial charge in [-0.25, -0.2) is 0 Å². The lowest BCUT2D eigenvalue weighted by Crippen LogP contribution is -2.30. The van der Waals surface area contributed by atoms with Gasteiger partial charge in [0.1, 0.15) is 11.9 Å². The molecule has 0 aliphatic heterocycles. The van der Waals surface area contributed by atoms with E-state index in [1.807, 2.05) is 12.1 Å². The van der Waals surface area contributed by atoms with Crippen LogP contribution in [0.3, 0.4) is 0 Å². The van der Waals surface area contributed by atoms with E-state index in [0.717, 1.165) is 22.8 Å². The van der Waals surface area contributed by atoms with Crippen LogP contribution in [0.5, 0.6) is 5.75 Å². The molecule has 1 aliphatic rings. The number of benzene rings is 1. The van der Waals surface area contributed by atoms with Gasteiger partial charge in [-0.3, -0.25) is 0 Å². The number of rotatable bonds is 5. The highest BCUT2D eigenvalue weighted by Crippen LogP contribution is 2.22. The molecule has 0 amide bonds. The maximum atomic E-state index is 5.85. The number of hydrogen-bond acceptors (Lipinski definition) is 2. The van der Waals surface area contributed by atoms with E-state index in [1.165, 1.54) is 18.4 Å². The molecule has 3 heteroatoms. The van der Waals surface area contributed by atoms with Crippen LogP contribution in [0.2, 0.25) is 0 Å². The fourth-order valence-electron chi connectivity index (χ4n) is 1.58. The lowest BCUT2D eigenvalue weighted by Gasteiger charge is -2.16. The fourth-order valence-corrected chi connectivity index (χ4v) is 1.83. The summed E-state index contributed by atoms with van der Waals surface area (Å²) >= 11 is 3.49. The van der Waals surface area contributed by atoms with Crippen LogP contribution in [0.1, 0.15) is 25.3 Å². The second-order valence-electron chi connectivity index (χ2n) is 4.52. The van der Waals surface area contributed by atoms with Gasteiger partial charge in [-0.05, 0) is 50.5 Å². The SMILES string of the molecule is Cc1cc(OC(C)CNC2CC2)ccc1Br. The third kappa shape index (κ3) is 3.49. The summed E-state index contributed by atoms with van der Waals surface area (Å²) in [6.45, 7) is 5.11. The van der Waals surface area contributed by atoms with Gasteiger partial charge in [-0.1, -0.05) is 15.9 Å². The molecule has 1 fully saturated rings. The Hall–Kier alpha value is -0.540. The minimum atomic E-state index is 0.223. The van der Waals surface area contributed by atoms with Gasteiger partial charge < -0.3 is 10.1 Å². The van der Waals surface area contributed by atoms with E-state index in [1.54, 1.807) is 0 Å². The first-order chi connectivity index (χ1) is 7.65. The van der Waals surface area contributed by atoms with E-state index in [0.29, 0.717) is 0 Å². The molecule has 0 spiro atoms. The topological polar surface area (TPSA) is 21.3 Å². The molecule has 1 aliphatic carbocycles. The quantitative estimate of drug-likeness (QED) is 0.896. The normalized spacial score (nSPS) is 17.2. The van der Waals surface area contributed by atoms with Crippen molar-refractivity contribution in [2.45, 2.75) is 38.8 Å². The van der Waals surface area contributed by atoms with E-state index >= 15 is 0 Å². The Bertz CT molecular complexity index is 363. The summed E-state index contributed by atoms with van der Waals surface area (Å²) in [6.07, 6.45) is 2.87. The third-order valence-corrected chi connectivity index (χ3v) is 3.63. The lowest BCUT2D eigenvalue weighted by molar-refractivity contribution is 0.216. The second-order valence-corrected chi connectivity index (χ2v) is 5.38. The van der Waals surface area contributed by atoms with Crippen molar-refractivity contribution in [3.8, 4) is 5.75 Å². The van der Waals surface area contributed by atoms with E-state index in [2.05, 4.69) is 41.2 Å². The van der Waals surface area contributed by atoms with Gasteiger partial charge in [0.05, 0.1) is 0 Å².